The minimum absolute atomic E-state index is 0.102. The van der Waals surface area contributed by atoms with Crippen molar-refractivity contribution in [2.75, 3.05) is 0 Å². The Morgan fingerprint density at radius 1 is 0.857 bits per heavy atom. The summed E-state index contributed by atoms with van der Waals surface area (Å²) in [5.74, 6) is 0.953. The van der Waals surface area contributed by atoms with E-state index in [1.807, 2.05) is 0 Å². The summed E-state index contributed by atoms with van der Waals surface area (Å²) in [5, 5.41) is 0. The lowest BCUT2D eigenvalue weighted by atomic mass is 9.90. The molecule has 14 heavy (non-hydrogen) atoms. The van der Waals surface area contributed by atoms with Crippen LogP contribution in [0, 0.1) is 5.92 Å². The van der Waals surface area contributed by atoms with Crippen LogP contribution in [0.25, 0.3) is 0 Å². The second kappa shape index (κ2) is 4.54. The molecule has 0 aliphatic rings. The van der Waals surface area contributed by atoms with E-state index in [-0.39, 0.29) is 5.56 Å². The normalized spacial score (nSPS) is 13.6. The van der Waals surface area contributed by atoms with Gasteiger partial charge in [0, 0.05) is 5.56 Å². The van der Waals surface area contributed by atoms with Crippen LogP contribution in [-0.2, 0) is 0 Å². The molecule has 0 spiro atoms. The van der Waals surface area contributed by atoms with Crippen molar-refractivity contribution in [3.8, 4) is 0 Å². The van der Waals surface area contributed by atoms with Crippen LogP contribution < -0.4 is 0 Å². The van der Waals surface area contributed by atoms with Crippen molar-refractivity contribution >= 4 is 0 Å². The van der Waals surface area contributed by atoms with Gasteiger partial charge in [0.25, 0.3) is 6.43 Å². The molecule has 1 aromatic carbocycles. The van der Waals surface area contributed by atoms with Crippen molar-refractivity contribution in [1.82, 2.24) is 0 Å². The molecule has 0 bridgehead atoms. The predicted molar refractivity (Wildman–Crippen MR) is 54.7 cm³/mol. The molecule has 0 fully saturated rings. The molecule has 0 aromatic heterocycles. The standard InChI is InChI=1S/C12H16F2/c1-8(2)9(3)10-4-6-11(7-5-10)12(13)14/h4-9,12H,1-3H3/t9-/m1/s1. The highest BCUT2D eigenvalue weighted by Crippen LogP contribution is 2.26. The van der Waals surface area contributed by atoms with Gasteiger partial charge in [0.15, 0.2) is 0 Å². The second-order valence-electron chi connectivity index (χ2n) is 4.00. The lowest BCUT2D eigenvalue weighted by Gasteiger charge is -2.16. The van der Waals surface area contributed by atoms with Crippen LogP contribution in [0.3, 0.4) is 0 Å². The first-order chi connectivity index (χ1) is 6.52. The second-order valence-corrected chi connectivity index (χ2v) is 4.00. The van der Waals surface area contributed by atoms with Crippen LogP contribution in [0.15, 0.2) is 24.3 Å². The molecule has 0 heterocycles. The fourth-order valence-electron chi connectivity index (χ4n) is 1.33. The topological polar surface area (TPSA) is 0 Å². The molecule has 0 saturated heterocycles. The van der Waals surface area contributed by atoms with Gasteiger partial charge in [-0.15, -0.1) is 0 Å². The Morgan fingerprint density at radius 2 is 1.29 bits per heavy atom. The monoisotopic (exact) mass is 198 g/mol. The number of hydrogen-bond acceptors (Lipinski definition) is 0. The van der Waals surface area contributed by atoms with Gasteiger partial charge in [-0.2, -0.15) is 0 Å². The van der Waals surface area contributed by atoms with E-state index in [1.54, 1.807) is 12.1 Å². The number of alkyl halides is 2. The molecule has 0 aliphatic heterocycles. The Bertz CT molecular complexity index is 275. The quantitative estimate of drug-likeness (QED) is 0.676. The highest BCUT2D eigenvalue weighted by Gasteiger charge is 2.11. The number of rotatable bonds is 3. The van der Waals surface area contributed by atoms with E-state index in [0.717, 1.165) is 5.56 Å². The molecule has 2 heteroatoms. The Kier molecular flexibility index (Phi) is 3.62. The van der Waals surface area contributed by atoms with Crippen molar-refractivity contribution < 1.29 is 8.78 Å². The maximum absolute atomic E-state index is 12.3. The zero-order valence-corrected chi connectivity index (χ0v) is 8.80. The Morgan fingerprint density at radius 3 is 1.64 bits per heavy atom. The largest absolute Gasteiger partial charge is 0.263 e. The third-order valence-electron chi connectivity index (χ3n) is 2.71. The average molecular weight is 198 g/mol. The number of hydrogen-bond donors (Lipinski definition) is 0. The molecule has 0 saturated carbocycles. The molecule has 78 valence electrons. The maximum Gasteiger partial charge on any atom is 0.263 e. The molecule has 0 nitrogen and oxygen atoms in total. The summed E-state index contributed by atoms with van der Waals surface area (Å²) in [5.41, 5.74) is 1.23. The molecule has 1 atom stereocenters. The van der Waals surface area contributed by atoms with Gasteiger partial charge in [0.1, 0.15) is 0 Å². The van der Waals surface area contributed by atoms with Crippen molar-refractivity contribution in [1.29, 1.82) is 0 Å². The van der Waals surface area contributed by atoms with E-state index in [0.29, 0.717) is 11.8 Å². The van der Waals surface area contributed by atoms with Crippen LogP contribution in [0.1, 0.15) is 44.2 Å². The first-order valence-corrected chi connectivity index (χ1v) is 4.90. The molecule has 1 rings (SSSR count). The first-order valence-electron chi connectivity index (χ1n) is 4.90. The summed E-state index contributed by atoms with van der Waals surface area (Å²) < 4.78 is 24.5. The fourth-order valence-corrected chi connectivity index (χ4v) is 1.33. The number of halogens is 2. The molecule has 0 aliphatic carbocycles. The van der Waals surface area contributed by atoms with Crippen LogP contribution in [-0.4, -0.2) is 0 Å². The highest BCUT2D eigenvalue weighted by molar-refractivity contribution is 5.25. The van der Waals surface area contributed by atoms with Gasteiger partial charge in [-0.1, -0.05) is 45.0 Å². The van der Waals surface area contributed by atoms with Gasteiger partial charge in [0.2, 0.25) is 0 Å². The van der Waals surface area contributed by atoms with E-state index in [2.05, 4.69) is 20.8 Å². The molecule has 0 unspecified atom stereocenters. The van der Waals surface area contributed by atoms with Crippen molar-refractivity contribution in [3.05, 3.63) is 35.4 Å². The summed E-state index contributed by atoms with van der Waals surface area (Å²) >= 11 is 0. The minimum Gasteiger partial charge on any atom is -0.205 e. The Labute approximate surface area is 84.0 Å². The van der Waals surface area contributed by atoms with Gasteiger partial charge in [-0.3, -0.25) is 0 Å². The van der Waals surface area contributed by atoms with Gasteiger partial charge in [-0.05, 0) is 17.4 Å². The zero-order chi connectivity index (χ0) is 10.7. The lowest BCUT2D eigenvalue weighted by Crippen LogP contribution is -2.01. The van der Waals surface area contributed by atoms with E-state index in [9.17, 15) is 8.78 Å². The maximum atomic E-state index is 12.3. The Hall–Kier alpha value is -0.920. The average Bonchev–Trinajstić information content (AvgIpc) is 2.16. The highest BCUT2D eigenvalue weighted by atomic mass is 19.3. The van der Waals surface area contributed by atoms with Gasteiger partial charge in [-0.25, -0.2) is 8.78 Å². The summed E-state index contributed by atoms with van der Waals surface area (Å²) in [6.07, 6.45) is -2.36. The Balaban J connectivity index is 2.83. The predicted octanol–water partition coefficient (Wildman–Crippen LogP) is 4.38. The molecular weight excluding hydrogens is 182 g/mol. The van der Waals surface area contributed by atoms with Gasteiger partial charge < -0.3 is 0 Å². The van der Waals surface area contributed by atoms with Crippen molar-refractivity contribution in [2.24, 2.45) is 5.92 Å². The molecule has 1 aromatic rings. The van der Waals surface area contributed by atoms with Crippen molar-refractivity contribution in [2.45, 2.75) is 33.1 Å². The summed E-state index contributed by atoms with van der Waals surface area (Å²) in [6.45, 7) is 6.37. The van der Waals surface area contributed by atoms with Crippen molar-refractivity contribution in [3.63, 3.8) is 0 Å². The third-order valence-corrected chi connectivity index (χ3v) is 2.71. The van der Waals surface area contributed by atoms with E-state index in [1.165, 1.54) is 12.1 Å². The van der Waals surface area contributed by atoms with E-state index in [4.69, 9.17) is 0 Å². The van der Waals surface area contributed by atoms with Crippen LogP contribution in [0.5, 0.6) is 0 Å². The first kappa shape index (κ1) is 11.2. The van der Waals surface area contributed by atoms with Crippen LogP contribution in [0.2, 0.25) is 0 Å². The molecule has 0 N–H and O–H groups in total. The summed E-state index contributed by atoms with van der Waals surface area (Å²) in [7, 11) is 0. The number of benzene rings is 1. The SMILES string of the molecule is CC(C)[C@@H](C)c1ccc(C(F)F)cc1. The van der Waals surface area contributed by atoms with Gasteiger partial charge in [0.05, 0.1) is 0 Å². The third kappa shape index (κ3) is 2.53. The smallest absolute Gasteiger partial charge is 0.205 e. The summed E-state index contributed by atoms with van der Waals surface area (Å²) in [4.78, 5) is 0. The van der Waals surface area contributed by atoms with E-state index >= 15 is 0 Å². The van der Waals surface area contributed by atoms with Crippen LogP contribution >= 0.6 is 0 Å². The lowest BCUT2D eigenvalue weighted by molar-refractivity contribution is 0.151. The molecule has 0 amide bonds. The fraction of sp³-hybridized carbons (Fsp3) is 0.500. The van der Waals surface area contributed by atoms with Crippen LogP contribution in [0.4, 0.5) is 8.78 Å². The zero-order valence-electron chi connectivity index (χ0n) is 8.80. The molecular formula is C12H16F2. The molecule has 0 radical (unpaired) electrons. The minimum atomic E-state index is -2.36. The summed E-state index contributed by atoms with van der Waals surface area (Å²) in [6, 6.07) is 6.62. The van der Waals surface area contributed by atoms with E-state index < -0.39 is 6.43 Å². The van der Waals surface area contributed by atoms with Gasteiger partial charge >= 0.3 is 0 Å².